The van der Waals surface area contributed by atoms with Crippen molar-refractivity contribution >= 4 is 34.3 Å². The highest BCUT2D eigenvalue weighted by Crippen LogP contribution is 2.37. The average molecular weight is 340 g/mol. The van der Waals surface area contributed by atoms with Gasteiger partial charge in [-0.3, -0.25) is 10.1 Å². The van der Waals surface area contributed by atoms with Gasteiger partial charge in [0.2, 0.25) is 0 Å². The molecular formula is C15H20N2O5S. The summed E-state index contributed by atoms with van der Waals surface area (Å²) in [7, 11) is 1.32. The van der Waals surface area contributed by atoms with Gasteiger partial charge in [-0.25, -0.2) is 9.59 Å². The number of anilines is 1. The maximum Gasteiger partial charge on any atom is 0.341 e. The van der Waals surface area contributed by atoms with Crippen molar-refractivity contribution < 1.29 is 24.2 Å². The van der Waals surface area contributed by atoms with Gasteiger partial charge in [-0.2, -0.15) is 0 Å². The van der Waals surface area contributed by atoms with Crippen LogP contribution in [0.25, 0.3) is 0 Å². The molecule has 0 unspecified atom stereocenters. The van der Waals surface area contributed by atoms with Crippen molar-refractivity contribution in [3.63, 3.8) is 0 Å². The molecule has 3 N–H and O–H groups in total. The molecule has 0 aliphatic heterocycles. The SMILES string of the molecule is COC(=O)c1c(NC(=O)NCCC(=O)O)sc2c1CCCCC2. The number of carboxylic acid groups (broad SMARTS) is 1. The zero-order chi connectivity index (χ0) is 16.8. The van der Waals surface area contributed by atoms with Crippen LogP contribution in [0.15, 0.2) is 0 Å². The lowest BCUT2D eigenvalue weighted by molar-refractivity contribution is -0.136. The number of hydrogen-bond donors (Lipinski definition) is 3. The number of urea groups is 1. The fraction of sp³-hybridized carbons (Fsp3) is 0.533. The van der Waals surface area contributed by atoms with E-state index in [0.717, 1.165) is 42.5 Å². The number of hydrogen-bond acceptors (Lipinski definition) is 5. The molecule has 1 aromatic rings. The van der Waals surface area contributed by atoms with Crippen LogP contribution in [0.5, 0.6) is 0 Å². The Hall–Kier alpha value is -2.09. The Bertz CT molecular complexity index is 611. The topological polar surface area (TPSA) is 105 Å². The summed E-state index contributed by atoms with van der Waals surface area (Å²) in [5.74, 6) is -1.44. The Labute approximate surface area is 138 Å². The molecule has 0 radical (unpaired) electrons. The van der Waals surface area contributed by atoms with Crippen molar-refractivity contribution in [2.45, 2.75) is 38.5 Å². The van der Waals surface area contributed by atoms with E-state index in [1.165, 1.54) is 18.4 Å². The number of aliphatic carboxylic acids is 1. The Morgan fingerprint density at radius 3 is 2.65 bits per heavy atom. The van der Waals surface area contributed by atoms with Gasteiger partial charge in [0.1, 0.15) is 5.00 Å². The lowest BCUT2D eigenvalue weighted by atomic mass is 10.1. The molecule has 23 heavy (non-hydrogen) atoms. The zero-order valence-corrected chi connectivity index (χ0v) is 13.8. The number of carboxylic acids is 1. The minimum atomic E-state index is -0.983. The molecule has 126 valence electrons. The Morgan fingerprint density at radius 1 is 1.22 bits per heavy atom. The van der Waals surface area contributed by atoms with E-state index >= 15 is 0 Å². The van der Waals surface area contributed by atoms with Crippen molar-refractivity contribution in [2.24, 2.45) is 0 Å². The second kappa shape index (κ2) is 7.96. The van der Waals surface area contributed by atoms with E-state index in [0.29, 0.717) is 10.6 Å². The van der Waals surface area contributed by atoms with Gasteiger partial charge in [0.15, 0.2) is 0 Å². The van der Waals surface area contributed by atoms with Crippen molar-refractivity contribution in [3.8, 4) is 0 Å². The summed E-state index contributed by atoms with van der Waals surface area (Å²) >= 11 is 1.40. The molecule has 1 aliphatic carbocycles. The van der Waals surface area contributed by atoms with Crippen LogP contribution in [0, 0.1) is 0 Å². The number of methoxy groups -OCH3 is 1. The molecule has 0 spiro atoms. The highest BCUT2D eigenvalue weighted by Gasteiger charge is 2.26. The predicted octanol–water partition coefficient (Wildman–Crippen LogP) is 2.40. The van der Waals surface area contributed by atoms with Crippen molar-refractivity contribution in [3.05, 3.63) is 16.0 Å². The number of fused-ring (bicyclic) bond motifs is 1. The van der Waals surface area contributed by atoms with Gasteiger partial charge in [0.05, 0.1) is 19.1 Å². The number of carbonyl (C=O) groups is 3. The highest BCUT2D eigenvalue weighted by molar-refractivity contribution is 7.17. The van der Waals surface area contributed by atoms with Crippen LogP contribution in [0.3, 0.4) is 0 Å². The van der Waals surface area contributed by atoms with Gasteiger partial charge in [0, 0.05) is 11.4 Å². The molecule has 7 nitrogen and oxygen atoms in total. The van der Waals surface area contributed by atoms with Crippen LogP contribution in [-0.2, 0) is 22.4 Å². The van der Waals surface area contributed by atoms with Gasteiger partial charge in [0.25, 0.3) is 0 Å². The second-order valence-corrected chi connectivity index (χ2v) is 6.39. The zero-order valence-electron chi connectivity index (χ0n) is 12.9. The smallest absolute Gasteiger partial charge is 0.341 e. The summed E-state index contributed by atoms with van der Waals surface area (Å²) in [4.78, 5) is 35.5. The number of esters is 1. The fourth-order valence-electron chi connectivity index (χ4n) is 2.58. The molecule has 0 bridgehead atoms. The summed E-state index contributed by atoms with van der Waals surface area (Å²) in [6.07, 6.45) is 4.75. The van der Waals surface area contributed by atoms with Gasteiger partial charge in [-0.1, -0.05) is 6.42 Å². The number of ether oxygens (including phenoxy) is 1. The summed E-state index contributed by atoms with van der Waals surface area (Å²) in [5.41, 5.74) is 1.41. The molecule has 0 saturated carbocycles. The van der Waals surface area contributed by atoms with Crippen LogP contribution < -0.4 is 10.6 Å². The molecule has 1 heterocycles. The molecule has 2 rings (SSSR count). The Balaban J connectivity index is 2.15. The van der Waals surface area contributed by atoms with E-state index in [2.05, 4.69) is 10.6 Å². The third-order valence-corrected chi connectivity index (χ3v) is 4.87. The summed E-state index contributed by atoms with van der Waals surface area (Å²) < 4.78 is 4.85. The van der Waals surface area contributed by atoms with Gasteiger partial charge < -0.3 is 15.2 Å². The van der Waals surface area contributed by atoms with Crippen LogP contribution >= 0.6 is 11.3 Å². The Morgan fingerprint density at radius 2 is 1.96 bits per heavy atom. The normalized spacial score (nSPS) is 13.6. The van der Waals surface area contributed by atoms with Gasteiger partial charge in [-0.15, -0.1) is 11.3 Å². The lowest BCUT2D eigenvalue weighted by Gasteiger charge is -2.08. The fourth-order valence-corrected chi connectivity index (χ4v) is 3.85. The quantitative estimate of drug-likeness (QED) is 0.564. The summed E-state index contributed by atoms with van der Waals surface area (Å²) in [5, 5.41) is 14.2. The van der Waals surface area contributed by atoms with E-state index < -0.39 is 18.0 Å². The van der Waals surface area contributed by atoms with E-state index in [9.17, 15) is 14.4 Å². The molecule has 2 amide bonds. The molecular weight excluding hydrogens is 320 g/mol. The monoisotopic (exact) mass is 340 g/mol. The van der Waals surface area contributed by atoms with E-state index in [-0.39, 0.29) is 13.0 Å². The van der Waals surface area contributed by atoms with Crippen molar-refractivity contribution in [1.29, 1.82) is 0 Å². The van der Waals surface area contributed by atoms with Crippen LogP contribution in [-0.4, -0.2) is 36.7 Å². The van der Waals surface area contributed by atoms with Crippen LogP contribution in [0.2, 0.25) is 0 Å². The van der Waals surface area contributed by atoms with Crippen LogP contribution in [0.4, 0.5) is 9.80 Å². The molecule has 0 fully saturated rings. The number of thiophene rings is 1. The molecule has 1 aliphatic rings. The molecule has 8 heteroatoms. The maximum atomic E-state index is 12.1. The number of rotatable bonds is 5. The summed E-state index contributed by atoms with van der Waals surface area (Å²) in [6.45, 7) is 0.0276. The van der Waals surface area contributed by atoms with Gasteiger partial charge in [-0.05, 0) is 31.2 Å². The lowest BCUT2D eigenvalue weighted by Crippen LogP contribution is -2.30. The third-order valence-electron chi connectivity index (χ3n) is 3.66. The van der Waals surface area contributed by atoms with E-state index in [1.54, 1.807) is 0 Å². The molecule has 0 saturated heterocycles. The summed E-state index contributed by atoms with van der Waals surface area (Å²) in [6, 6.07) is -0.521. The largest absolute Gasteiger partial charge is 0.481 e. The average Bonchev–Trinajstić information content (AvgIpc) is 2.67. The van der Waals surface area contributed by atoms with Crippen molar-refractivity contribution in [2.75, 3.05) is 19.0 Å². The van der Waals surface area contributed by atoms with Gasteiger partial charge >= 0.3 is 18.0 Å². The van der Waals surface area contributed by atoms with Crippen molar-refractivity contribution in [1.82, 2.24) is 5.32 Å². The number of carbonyl (C=O) groups excluding carboxylic acids is 2. The third kappa shape index (κ3) is 4.44. The first kappa shape index (κ1) is 17.3. The first-order valence-corrected chi connectivity index (χ1v) is 8.34. The Kier molecular flexibility index (Phi) is 5.97. The minimum absolute atomic E-state index is 0.0276. The molecule has 0 aromatic carbocycles. The molecule has 0 atom stereocenters. The van der Waals surface area contributed by atoms with E-state index in [4.69, 9.17) is 9.84 Å². The maximum absolute atomic E-state index is 12.1. The predicted molar refractivity (Wildman–Crippen MR) is 86.2 cm³/mol. The second-order valence-electron chi connectivity index (χ2n) is 5.28. The first-order valence-electron chi connectivity index (χ1n) is 7.52. The van der Waals surface area contributed by atoms with E-state index in [1.807, 2.05) is 0 Å². The standard InChI is InChI=1S/C15H20N2O5S/c1-22-14(20)12-9-5-3-2-4-6-10(9)23-13(12)17-15(21)16-8-7-11(18)19/h2-8H2,1H3,(H,18,19)(H2,16,17,21). The molecule has 1 aromatic heterocycles. The number of nitrogens with one attached hydrogen (secondary N) is 2. The van der Waals surface area contributed by atoms with Crippen LogP contribution in [0.1, 0.15) is 46.5 Å². The number of aryl methyl sites for hydroxylation is 1. The first-order chi connectivity index (χ1) is 11.0. The minimum Gasteiger partial charge on any atom is -0.481 e. The highest BCUT2D eigenvalue weighted by atomic mass is 32.1. The number of amides is 2.